The van der Waals surface area contributed by atoms with Crippen molar-refractivity contribution in [1.82, 2.24) is 9.97 Å². The van der Waals surface area contributed by atoms with Crippen molar-refractivity contribution in [1.29, 1.82) is 0 Å². The van der Waals surface area contributed by atoms with Gasteiger partial charge >= 0.3 is 25.2 Å². The maximum atomic E-state index is 13.7. The molecule has 6 aromatic rings. The van der Waals surface area contributed by atoms with E-state index in [-0.39, 0.29) is 53.9 Å². The number of hydrogen-bond acceptors (Lipinski definition) is 12. The maximum Gasteiger partial charge on any atom is 0.387 e. The summed E-state index contributed by atoms with van der Waals surface area (Å²) < 4.78 is 79.9. The van der Waals surface area contributed by atoms with Gasteiger partial charge < -0.3 is 33.5 Å². The fraction of sp³-hybridized carbons (Fsp3) is 0.261. The molecule has 2 aromatic heterocycles. The van der Waals surface area contributed by atoms with E-state index in [0.29, 0.717) is 42.1 Å². The molecular formula is C46H44F4N4O7S. The van der Waals surface area contributed by atoms with Gasteiger partial charge in [0.2, 0.25) is 0 Å². The number of pyridine rings is 1. The topological polar surface area (TPSA) is 113 Å². The molecule has 11 nitrogen and oxygen atoms in total. The second kappa shape index (κ2) is 22.2. The van der Waals surface area contributed by atoms with E-state index in [9.17, 15) is 27.2 Å². The molecule has 2 heterocycles. The van der Waals surface area contributed by atoms with Crippen molar-refractivity contribution < 1.29 is 50.8 Å². The van der Waals surface area contributed by atoms with E-state index in [1.807, 2.05) is 29.7 Å². The van der Waals surface area contributed by atoms with Crippen LogP contribution in [-0.2, 0) is 17.8 Å². The highest BCUT2D eigenvalue weighted by Gasteiger charge is 2.22. The van der Waals surface area contributed by atoms with E-state index in [1.165, 1.54) is 35.6 Å². The highest BCUT2D eigenvalue weighted by Crippen LogP contribution is 2.39. The molecule has 16 heteroatoms. The monoisotopic (exact) mass is 872 g/mol. The van der Waals surface area contributed by atoms with Gasteiger partial charge in [-0.05, 0) is 85.1 Å². The number of carbonyl (C=O) groups is 2. The number of rotatable bonds is 22. The van der Waals surface area contributed by atoms with Crippen molar-refractivity contribution in [2.45, 2.75) is 65.8 Å². The summed E-state index contributed by atoms with van der Waals surface area (Å²) in [5.74, 6) is -1.81. The molecule has 0 amide bonds. The van der Waals surface area contributed by atoms with Gasteiger partial charge in [0.25, 0.3) is 0 Å². The van der Waals surface area contributed by atoms with Gasteiger partial charge in [-0.15, -0.1) is 11.3 Å². The Hall–Kier alpha value is -6.68. The third kappa shape index (κ3) is 12.4. The fourth-order valence-corrected chi connectivity index (χ4v) is 6.79. The number of esters is 2. The summed E-state index contributed by atoms with van der Waals surface area (Å²) in [7, 11) is 0. The lowest BCUT2D eigenvalue weighted by molar-refractivity contribution is -0.0521. The van der Waals surface area contributed by atoms with Crippen molar-refractivity contribution in [3.63, 3.8) is 0 Å². The molecule has 0 aliphatic carbocycles. The number of aromatic nitrogens is 2. The minimum absolute atomic E-state index is 0.0637. The number of benzene rings is 4. The van der Waals surface area contributed by atoms with Gasteiger partial charge in [-0.25, -0.2) is 9.59 Å². The Labute approximate surface area is 360 Å². The van der Waals surface area contributed by atoms with Crippen LogP contribution in [0.5, 0.6) is 23.0 Å². The second-order valence-electron chi connectivity index (χ2n) is 13.7. The number of hydrogen-bond donors (Lipinski definition) is 0. The Morgan fingerprint density at radius 2 is 1.15 bits per heavy atom. The molecule has 4 aromatic carbocycles. The Morgan fingerprint density at radius 3 is 1.61 bits per heavy atom. The van der Waals surface area contributed by atoms with Crippen molar-refractivity contribution in [3.05, 3.63) is 143 Å². The van der Waals surface area contributed by atoms with Crippen LogP contribution in [0, 0.1) is 0 Å². The van der Waals surface area contributed by atoms with Crippen molar-refractivity contribution >= 4 is 46.0 Å². The zero-order chi connectivity index (χ0) is 43.8. The summed E-state index contributed by atoms with van der Waals surface area (Å²) in [5, 5.41) is 0. The van der Waals surface area contributed by atoms with Crippen molar-refractivity contribution in [2.75, 3.05) is 23.0 Å². The molecular weight excluding hydrogens is 829 g/mol. The number of unbranched alkanes of at least 4 members (excludes halogenated alkanes) is 2. The van der Waals surface area contributed by atoms with E-state index in [0.717, 1.165) is 23.3 Å². The third-order valence-electron chi connectivity index (χ3n) is 9.25. The van der Waals surface area contributed by atoms with E-state index in [1.54, 1.807) is 90.8 Å². The summed E-state index contributed by atoms with van der Waals surface area (Å²) >= 11 is 1.41. The molecule has 62 heavy (non-hydrogen) atoms. The summed E-state index contributed by atoms with van der Waals surface area (Å²) in [6, 6.07) is 25.8. The normalized spacial score (nSPS) is 11.0. The molecule has 0 aliphatic rings. The van der Waals surface area contributed by atoms with E-state index in [4.69, 9.17) is 23.7 Å². The maximum absolute atomic E-state index is 13.7. The van der Waals surface area contributed by atoms with Crippen LogP contribution in [0.1, 0.15) is 70.7 Å². The largest absolute Gasteiger partial charge is 0.490 e. The van der Waals surface area contributed by atoms with E-state index < -0.39 is 25.2 Å². The van der Waals surface area contributed by atoms with Gasteiger partial charge in [-0.3, -0.25) is 9.97 Å². The number of thiazole rings is 1. The number of alkyl halides is 4. The van der Waals surface area contributed by atoms with E-state index in [2.05, 4.69) is 9.97 Å². The van der Waals surface area contributed by atoms with Gasteiger partial charge in [0.15, 0.2) is 23.0 Å². The van der Waals surface area contributed by atoms with Crippen LogP contribution in [0.25, 0.3) is 0 Å². The summed E-state index contributed by atoms with van der Waals surface area (Å²) in [6.07, 6.45) is 8.07. The smallest absolute Gasteiger partial charge is 0.387 e. The van der Waals surface area contributed by atoms with Gasteiger partial charge in [-0.2, -0.15) is 17.6 Å². The van der Waals surface area contributed by atoms with Crippen LogP contribution in [0.2, 0.25) is 0 Å². The summed E-state index contributed by atoms with van der Waals surface area (Å²) in [6.45, 7) is -1.03. The molecule has 0 N–H and O–H groups in total. The third-order valence-corrected chi connectivity index (χ3v) is 10.0. The Bertz CT molecular complexity index is 2370. The lowest BCUT2D eigenvalue weighted by Crippen LogP contribution is -2.19. The zero-order valence-corrected chi connectivity index (χ0v) is 34.7. The van der Waals surface area contributed by atoms with Gasteiger partial charge in [0.05, 0.1) is 36.4 Å². The number of nitrogens with zero attached hydrogens (tertiary/aromatic N) is 4. The van der Waals surface area contributed by atoms with Crippen LogP contribution in [0.15, 0.2) is 121 Å². The molecule has 0 bridgehead atoms. The Morgan fingerprint density at radius 1 is 0.613 bits per heavy atom. The van der Waals surface area contributed by atoms with Crippen LogP contribution >= 0.6 is 11.3 Å². The highest BCUT2D eigenvalue weighted by atomic mass is 32.1. The standard InChI is InChI=1S/C46H44F4N4O7S/c1-3-5-20-57-41-24-36(15-17-39(41)59-45(47)48)53(28-31-10-9-19-51-26-31)34-13-7-11-32(22-34)43(55)61-44(56)33-12-8-14-35(23-33)54(29-38-27-52-30-62-38)37-16-18-40(60-46(49)50)42(25-37)58-21-6-4-2/h7-19,22-27,30,45-46H,3-6,20-21,28-29H2,1-2H3. The number of halogens is 4. The molecule has 0 fully saturated rings. The minimum Gasteiger partial charge on any atom is -0.490 e. The molecule has 6 rings (SSSR count). The number of ether oxygens (including phenoxy) is 5. The number of carbonyl (C=O) groups excluding carboxylic acids is 2. The molecule has 0 saturated heterocycles. The SMILES string of the molecule is CCCCOc1cc(N(Cc2cccnc2)c2cccc(C(=O)OC(=O)c3cccc(N(Cc4cncs4)c4ccc(OC(F)F)c(OCCCC)c4)c3)c2)ccc1OC(F)F. The number of anilines is 4. The van der Waals surface area contributed by atoms with Crippen LogP contribution < -0.4 is 28.7 Å². The molecule has 0 radical (unpaired) electrons. The lowest BCUT2D eigenvalue weighted by atomic mass is 10.1. The lowest BCUT2D eigenvalue weighted by Gasteiger charge is -2.26. The van der Waals surface area contributed by atoms with E-state index >= 15 is 0 Å². The average Bonchev–Trinajstić information content (AvgIpc) is 3.80. The first kappa shape index (κ1) is 44.9. The van der Waals surface area contributed by atoms with Crippen LogP contribution in [0.4, 0.5) is 40.3 Å². The predicted octanol–water partition coefficient (Wildman–Crippen LogP) is 11.8. The van der Waals surface area contributed by atoms with Gasteiger partial charge in [0, 0.05) is 64.9 Å². The summed E-state index contributed by atoms with van der Waals surface area (Å²) in [4.78, 5) is 40.3. The van der Waals surface area contributed by atoms with Crippen LogP contribution in [0.3, 0.4) is 0 Å². The van der Waals surface area contributed by atoms with Crippen molar-refractivity contribution in [2.24, 2.45) is 0 Å². The molecule has 0 unspecified atom stereocenters. The predicted molar refractivity (Wildman–Crippen MR) is 228 cm³/mol. The quantitative estimate of drug-likeness (QED) is 0.0281. The second-order valence-corrected chi connectivity index (χ2v) is 14.7. The fourth-order valence-electron chi connectivity index (χ4n) is 6.21. The first-order valence-electron chi connectivity index (χ1n) is 19.8. The Kier molecular flexibility index (Phi) is 16.1. The Balaban J connectivity index is 1.27. The molecule has 0 aliphatic heterocycles. The minimum atomic E-state index is -3.06. The molecule has 0 spiro atoms. The molecule has 0 atom stereocenters. The van der Waals surface area contributed by atoms with Gasteiger partial charge in [-0.1, -0.05) is 44.9 Å². The van der Waals surface area contributed by atoms with Crippen LogP contribution in [-0.4, -0.2) is 48.3 Å². The average molecular weight is 873 g/mol. The first-order chi connectivity index (χ1) is 30.1. The van der Waals surface area contributed by atoms with Gasteiger partial charge in [0.1, 0.15) is 0 Å². The summed E-state index contributed by atoms with van der Waals surface area (Å²) in [5.41, 5.74) is 4.75. The zero-order valence-electron chi connectivity index (χ0n) is 33.9. The molecule has 324 valence electrons. The molecule has 0 saturated carbocycles. The first-order valence-corrected chi connectivity index (χ1v) is 20.7. The van der Waals surface area contributed by atoms with Crippen molar-refractivity contribution in [3.8, 4) is 23.0 Å². The highest BCUT2D eigenvalue weighted by molar-refractivity contribution is 7.09.